The number of ether oxygens (including phenoxy) is 1. The number of nitrogens with zero attached hydrogens (tertiary/aromatic N) is 4. The normalized spacial score (nSPS) is 17.0. The van der Waals surface area contributed by atoms with E-state index < -0.39 is 58.7 Å². The number of nitrogens with one attached hydrogen (secondary N) is 1. The molecule has 0 unspecified atom stereocenters. The zero-order chi connectivity index (χ0) is 26.4. The lowest BCUT2D eigenvalue weighted by Crippen LogP contribution is -2.48. The van der Waals surface area contributed by atoms with Crippen LogP contribution in [-0.4, -0.2) is 58.9 Å². The molecule has 0 saturated carbocycles. The molecule has 1 aromatic heterocycles. The van der Waals surface area contributed by atoms with E-state index in [1.54, 1.807) is 0 Å². The minimum atomic E-state index is -4.79. The van der Waals surface area contributed by atoms with E-state index in [1.807, 2.05) is 0 Å². The Morgan fingerprint density at radius 3 is 2.53 bits per heavy atom. The molecule has 0 bridgehead atoms. The number of hydrogen-bond donors (Lipinski definition) is 1. The van der Waals surface area contributed by atoms with Crippen molar-refractivity contribution >= 4 is 55.5 Å². The molecule has 2 aromatic rings. The fourth-order valence-corrected chi connectivity index (χ4v) is 6.06. The quantitative estimate of drug-likeness (QED) is 0.524. The van der Waals surface area contributed by atoms with E-state index in [2.05, 4.69) is 20.0 Å². The van der Waals surface area contributed by atoms with Gasteiger partial charge in [-0.1, -0.05) is 11.8 Å². The van der Waals surface area contributed by atoms with Crippen molar-refractivity contribution < 1.29 is 44.7 Å². The Morgan fingerprint density at radius 2 is 1.89 bits per heavy atom. The molecule has 18 heteroatoms. The summed E-state index contributed by atoms with van der Waals surface area (Å²) in [5.41, 5.74) is -0.0748. The Kier molecular flexibility index (Phi) is 6.69. The molecule has 192 valence electrons. The number of amidine groups is 1. The molecule has 4 rings (SSSR count). The van der Waals surface area contributed by atoms with Crippen LogP contribution in [0.15, 0.2) is 33.6 Å². The van der Waals surface area contributed by atoms with Crippen molar-refractivity contribution in [3.63, 3.8) is 0 Å². The first-order valence-corrected chi connectivity index (χ1v) is 12.6. The van der Waals surface area contributed by atoms with Crippen molar-refractivity contribution in [2.75, 3.05) is 19.0 Å². The highest BCUT2D eigenvalue weighted by molar-refractivity contribution is 8.17. The van der Waals surface area contributed by atoms with E-state index >= 15 is 0 Å². The topological polar surface area (TPSA) is 121 Å². The number of fused-ring (bicyclic) bond motifs is 1. The zero-order valence-corrected chi connectivity index (χ0v) is 20.1. The van der Waals surface area contributed by atoms with Gasteiger partial charge in [-0.15, -0.1) is 11.3 Å². The lowest BCUT2D eigenvalue weighted by molar-refractivity contribution is -0.154. The first kappa shape index (κ1) is 25.8. The summed E-state index contributed by atoms with van der Waals surface area (Å²) in [4.78, 5) is 31.8. The van der Waals surface area contributed by atoms with Crippen LogP contribution in [0.5, 0.6) is 5.75 Å². The van der Waals surface area contributed by atoms with E-state index in [0.29, 0.717) is 4.31 Å². The smallest absolute Gasteiger partial charge is 0.422 e. The van der Waals surface area contributed by atoms with E-state index in [1.165, 1.54) is 10.8 Å². The van der Waals surface area contributed by atoms with Crippen LogP contribution in [0.3, 0.4) is 0 Å². The maximum Gasteiger partial charge on any atom is 0.422 e. The summed E-state index contributed by atoms with van der Waals surface area (Å²) in [6.07, 6.45) is -5.22. The molecule has 2 aliphatic heterocycles. The number of amides is 3. The molecule has 1 aromatic carbocycles. The van der Waals surface area contributed by atoms with Gasteiger partial charge < -0.3 is 10.1 Å². The van der Waals surface area contributed by atoms with Gasteiger partial charge in [0.2, 0.25) is 5.91 Å². The van der Waals surface area contributed by atoms with E-state index in [9.17, 15) is 40.0 Å². The molecule has 2 aliphatic rings. The molecular weight excluding hydrogens is 557 g/mol. The zero-order valence-electron chi connectivity index (χ0n) is 17.7. The van der Waals surface area contributed by atoms with Gasteiger partial charge in [0.25, 0.3) is 0 Å². The van der Waals surface area contributed by atoms with Crippen LogP contribution in [-0.2, 0) is 15.0 Å². The number of thiazole rings is 1. The number of alkyl halides is 3. The number of carbonyl (C=O) groups is 2. The monoisotopic (exact) mass is 569 g/mol. The summed E-state index contributed by atoms with van der Waals surface area (Å²) in [6.45, 7) is -1.87. The van der Waals surface area contributed by atoms with Crippen molar-refractivity contribution in [2.45, 2.75) is 12.6 Å². The van der Waals surface area contributed by atoms with Gasteiger partial charge in [0, 0.05) is 23.4 Å². The molecule has 10 nitrogen and oxygen atoms in total. The lowest BCUT2D eigenvalue weighted by atomic mass is 10.1. The SMILES string of the molecule is CN1C(=O)N=C2SC=C(CC(=O)Nc3nc(-c4cc(F)c(OCC(F)(F)F)c(F)c4)cs3)N2S1(=O)=O. The third-order valence-electron chi connectivity index (χ3n) is 4.54. The summed E-state index contributed by atoms with van der Waals surface area (Å²) in [6, 6.07) is 0.488. The van der Waals surface area contributed by atoms with Crippen LogP contribution in [0.2, 0.25) is 0 Å². The maximum absolute atomic E-state index is 14.1. The minimum Gasteiger partial charge on any atom is -0.478 e. The average Bonchev–Trinajstić information content (AvgIpc) is 3.38. The Morgan fingerprint density at radius 1 is 1.22 bits per heavy atom. The number of anilines is 1. The van der Waals surface area contributed by atoms with Gasteiger partial charge in [0.1, 0.15) is 0 Å². The number of halogens is 5. The predicted octanol–water partition coefficient (Wildman–Crippen LogP) is 3.91. The third-order valence-corrected chi connectivity index (χ3v) is 8.00. The fraction of sp³-hybridized carbons (Fsp3) is 0.222. The number of aliphatic imine (C=N–C) groups is 1. The molecule has 3 amide bonds. The van der Waals surface area contributed by atoms with Crippen LogP contribution < -0.4 is 10.1 Å². The van der Waals surface area contributed by atoms with Gasteiger partial charge in [-0.25, -0.2) is 27.2 Å². The number of rotatable bonds is 6. The molecule has 0 aliphatic carbocycles. The first-order valence-electron chi connectivity index (χ1n) is 9.48. The molecule has 0 radical (unpaired) electrons. The van der Waals surface area contributed by atoms with Crippen LogP contribution in [0.1, 0.15) is 6.42 Å². The molecule has 0 spiro atoms. The van der Waals surface area contributed by atoms with Gasteiger partial charge in [0.05, 0.1) is 17.8 Å². The van der Waals surface area contributed by atoms with Crippen molar-refractivity contribution in [2.24, 2.45) is 4.99 Å². The number of aromatic nitrogens is 1. The van der Waals surface area contributed by atoms with Crippen LogP contribution in [0.25, 0.3) is 11.3 Å². The Labute approximate surface area is 207 Å². The molecule has 0 fully saturated rings. The largest absolute Gasteiger partial charge is 0.478 e. The third kappa shape index (κ3) is 5.14. The summed E-state index contributed by atoms with van der Waals surface area (Å²) in [5.74, 6) is -4.62. The van der Waals surface area contributed by atoms with Crippen molar-refractivity contribution in [1.29, 1.82) is 0 Å². The predicted molar refractivity (Wildman–Crippen MR) is 119 cm³/mol. The van der Waals surface area contributed by atoms with Crippen molar-refractivity contribution in [3.05, 3.63) is 40.3 Å². The molecule has 3 heterocycles. The Bertz CT molecular complexity index is 1400. The maximum atomic E-state index is 14.1. The van der Waals surface area contributed by atoms with E-state index in [-0.39, 0.29) is 27.3 Å². The Hall–Kier alpha value is -3.25. The molecule has 0 atom stereocenters. The van der Waals surface area contributed by atoms with Gasteiger partial charge in [-0.05, 0) is 12.1 Å². The summed E-state index contributed by atoms with van der Waals surface area (Å²) >= 11 is 1.73. The van der Waals surface area contributed by atoms with Gasteiger partial charge >= 0.3 is 22.4 Å². The standard InChI is InChI=1S/C18H12F5N5O5S3/c1-27-16(30)26-17-28(36(27,31)32)9(5-35-17)4-13(29)25-15-24-12(6-34-15)8-2-10(19)14(11(20)3-8)33-7-18(21,22)23/h2-3,5-6H,4,7H2,1H3,(H,24,25,29). The average molecular weight is 570 g/mol. The van der Waals surface area contributed by atoms with Crippen molar-refractivity contribution in [3.8, 4) is 17.0 Å². The highest BCUT2D eigenvalue weighted by Crippen LogP contribution is 2.36. The van der Waals surface area contributed by atoms with E-state index in [4.69, 9.17) is 0 Å². The molecule has 36 heavy (non-hydrogen) atoms. The van der Waals surface area contributed by atoms with Gasteiger partial charge in [-0.3, -0.25) is 4.79 Å². The Balaban J connectivity index is 1.45. The highest BCUT2D eigenvalue weighted by atomic mass is 32.2. The summed E-state index contributed by atoms with van der Waals surface area (Å²) < 4.78 is 95.5. The second-order valence-electron chi connectivity index (χ2n) is 7.08. The second-order valence-corrected chi connectivity index (χ2v) is 10.6. The highest BCUT2D eigenvalue weighted by Gasteiger charge is 2.43. The van der Waals surface area contributed by atoms with Crippen molar-refractivity contribution in [1.82, 2.24) is 13.6 Å². The van der Waals surface area contributed by atoms with E-state index in [0.717, 1.165) is 46.6 Å². The second kappa shape index (κ2) is 9.32. The number of benzene rings is 1. The fourth-order valence-electron chi connectivity index (χ4n) is 2.94. The molecule has 1 N–H and O–H groups in total. The summed E-state index contributed by atoms with van der Waals surface area (Å²) in [7, 11) is -3.23. The number of carbonyl (C=O) groups excluding carboxylic acids is 2. The number of thioether (sulfide) groups is 1. The minimum absolute atomic E-state index is 0.00199. The summed E-state index contributed by atoms with van der Waals surface area (Å²) in [5, 5.41) is 4.99. The van der Waals surface area contributed by atoms with Gasteiger partial charge in [0.15, 0.2) is 34.3 Å². The van der Waals surface area contributed by atoms with Crippen LogP contribution in [0, 0.1) is 11.6 Å². The number of urea groups is 1. The van der Waals surface area contributed by atoms with Crippen LogP contribution >= 0.6 is 23.1 Å². The van der Waals surface area contributed by atoms with Crippen LogP contribution in [0.4, 0.5) is 31.9 Å². The number of hydrogen-bond acceptors (Lipinski definition) is 8. The first-order chi connectivity index (χ1) is 16.8. The van der Waals surface area contributed by atoms with Gasteiger partial charge in [-0.2, -0.15) is 26.6 Å². The lowest BCUT2D eigenvalue weighted by Gasteiger charge is -2.29. The molecular formula is C18H12F5N5O5S3. The molecule has 0 saturated heterocycles.